The Labute approximate surface area is 101 Å². The third-order valence-corrected chi connectivity index (χ3v) is 4.68. The van der Waals surface area contributed by atoms with E-state index in [0.29, 0.717) is 12.1 Å². The molecule has 16 heavy (non-hydrogen) atoms. The highest BCUT2D eigenvalue weighted by atomic mass is 15.4. The van der Waals surface area contributed by atoms with E-state index in [4.69, 9.17) is 0 Å². The van der Waals surface area contributed by atoms with E-state index in [1.54, 1.807) is 0 Å². The van der Waals surface area contributed by atoms with Crippen LogP contribution in [0.15, 0.2) is 0 Å². The predicted octanol–water partition coefficient (Wildman–Crippen LogP) is 3.24. The normalized spacial score (nSPS) is 40.9. The van der Waals surface area contributed by atoms with E-state index in [-0.39, 0.29) is 0 Å². The molecule has 4 atom stereocenters. The van der Waals surface area contributed by atoms with Gasteiger partial charge in [0.25, 0.3) is 0 Å². The van der Waals surface area contributed by atoms with Crippen LogP contribution in [0.4, 0.5) is 0 Å². The highest BCUT2D eigenvalue weighted by molar-refractivity contribution is 4.81. The highest BCUT2D eigenvalue weighted by Crippen LogP contribution is 2.25. The molecule has 2 N–H and O–H groups in total. The molecular weight excluding hydrogens is 196 g/mol. The van der Waals surface area contributed by atoms with Gasteiger partial charge in [-0.3, -0.25) is 10.9 Å². The van der Waals surface area contributed by atoms with Crippen LogP contribution in [0.1, 0.15) is 65.2 Å². The minimum Gasteiger partial charge on any atom is -0.254 e. The molecule has 0 radical (unpaired) electrons. The second-order valence-corrected chi connectivity index (χ2v) is 6.03. The average molecular weight is 224 g/mol. The van der Waals surface area contributed by atoms with Crippen molar-refractivity contribution < 1.29 is 0 Å². The van der Waals surface area contributed by atoms with E-state index in [1.165, 1.54) is 51.4 Å². The SMILES string of the molecule is CC1CCCCC1NNC1CCCCC1C. The van der Waals surface area contributed by atoms with Gasteiger partial charge in [-0.25, -0.2) is 0 Å². The lowest BCUT2D eigenvalue weighted by Crippen LogP contribution is -2.52. The molecule has 2 fully saturated rings. The van der Waals surface area contributed by atoms with Gasteiger partial charge in [-0.2, -0.15) is 0 Å². The Morgan fingerprint density at radius 2 is 1.00 bits per heavy atom. The van der Waals surface area contributed by atoms with Crippen LogP contribution >= 0.6 is 0 Å². The van der Waals surface area contributed by atoms with Crippen molar-refractivity contribution in [2.24, 2.45) is 11.8 Å². The van der Waals surface area contributed by atoms with Crippen LogP contribution in [0.3, 0.4) is 0 Å². The second-order valence-electron chi connectivity index (χ2n) is 6.03. The zero-order valence-corrected chi connectivity index (χ0v) is 11.0. The number of hydrogen-bond acceptors (Lipinski definition) is 2. The van der Waals surface area contributed by atoms with Gasteiger partial charge >= 0.3 is 0 Å². The summed E-state index contributed by atoms with van der Waals surface area (Å²) in [5.74, 6) is 1.69. The summed E-state index contributed by atoms with van der Waals surface area (Å²) >= 11 is 0. The molecule has 2 aliphatic rings. The lowest BCUT2D eigenvalue weighted by molar-refractivity contribution is 0.197. The Balaban J connectivity index is 1.72. The average Bonchev–Trinajstić information content (AvgIpc) is 2.30. The van der Waals surface area contributed by atoms with Crippen molar-refractivity contribution in [3.8, 4) is 0 Å². The van der Waals surface area contributed by atoms with Crippen LogP contribution in [0.2, 0.25) is 0 Å². The Bertz CT molecular complexity index is 183. The third kappa shape index (κ3) is 3.21. The van der Waals surface area contributed by atoms with Crippen molar-refractivity contribution in [2.75, 3.05) is 0 Å². The van der Waals surface area contributed by atoms with Gasteiger partial charge in [0.15, 0.2) is 0 Å². The summed E-state index contributed by atoms with van der Waals surface area (Å²) in [6.07, 6.45) is 11.2. The summed E-state index contributed by atoms with van der Waals surface area (Å²) in [5, 5.41) is 0. The highest BCUT2D eigenvalue weighted by Gasteiger charge is 2.24. The Hall–Kier alpha value is -0.0800. The molecule has 2 heteroatoms. The maximum atomic E-state index is 3.62. The first-order chi connectivity index (χ1) is 7.77. The molecule has 2 rings (SSSR count). The standard InChI is InChI=1S/C14H28N2/c1-11-7-3-5-9-13(11)15-16-14-10-6-4-8-12(14)2/h11-16H,3-10H2,1-2H3. The summed E-state index contributed by atoms with van der Waals surface area (Å²) in [6, 6.07) is 1.42. The maximum Gasteiger partial charge on any atom is 0.0238 e. The van der Waals surface area contributed by atoms with E-state index in [2.05, 4.69) is 24.7 Å². The van der Waals surface area contributed by atoms with E-state index < -0.39 is 0 Å². The zero-order valence-electron chi connectivity index (χ0n) is 11.0. The van der Waals surface area contributed by atoms with Crippen LogP contribution in [-0.4, -0.2) is 12.1 Å². The quantitative estimate of drug-likeness (QED) is 0.719. The fourth-order valence-corrected chi connectivity index (χ4v) is 3.28. The maximum absolute atomic E-state index is 3.62. The number of hydrazine groups is 1. The first-order valence-corrected chi connectivity index (χ1v) is 7.28. The largest absolute Gasteiger partial charge is 0.254 e. The van der Waals surface area contributed by atoms with Gasteiger partial charge in [0, 0.05) is 12.1 Å². The Morgan fingerprint density at radius 1 is 0.625 bits per heavy atom. The van der Waals surface area contributed by atoms with E-state index in [0.717, 1.165) is 11.8 Å². The molecule has 2 saturated carbocycles. The molecule has 94 valence electrons. The van der Waals surface area contributed by atoms with Crippen molar-refractivity contribution in [3.05, 3.63) is 0 Å². The van der Waals surface area contributed by atoms with Crippen molar-refractivity contribution in [1.82, 2.24) is 10.9 Å². The van der Waals surface area contributed by atoms with E-state index in [9.17, 15) is 0 Å². The summed E-state index contributed by atoms with van der Waals surface area (Å²) in [7, 11) is 0. The minimum atomic E-state index is 0.711. The number of nitrogens with one attached hydrogen (secondary N) is 2. The molecule has 0 bridgehead atoms. The molecule has 0 aliphatic heterocycles. The number of rotatable bonds is 3. The van der Waals surface area contributed by atoms with Gasteiger partial charge in [-0.1, -0.05) is 39.5 Å². The van der Waals surface area contributed by atoms with Crippen molar-refractivity contribution in [1.29, 1.82) is 0 Å². The van der Waals surface area contributed by atoms with Crippen molar-refractivity contribution in [2.45, 2.75) is 77.3 Å². The lowest BCUT2D eigenvalue weighted by atomic mass is 9.85. The van der Waals surface area contributed by atoms with Crippen LogP contribution in [0.25, 0.3) is 0 Å². The van der Waals surface area contributed by atoms with Gasteiger partial charge in [-0.15, -0.1) is 0 Å². The molecule has 2 nitrogen and oxygen atoms in total. The molecule has 0 spiro atoms. The fraction of sp³-hybridized carbons (Fsp3) is 1.00. The molecule has 2 aliphatic carbocycles. The van der Waals surface area contributed by atoms with E-state index in [1.807, 2.05) is 0 Å². The van der Waals surface area contributed by atoms with Crippen LogP contribution in [0.5, 0.6) is 0 Å². The van der Waals surface area contributed by atoms with E-state index >= 15 is 0 Å². The summed E-state index contributed by atoms with van der Waals surface area (Å²) in [4.78, 5) is 0. The van der Waals surface area contributed by atoms with Crippen LogP contribution in [0, 0.1) is 11.8 Å². The lowest BCUT2D eigenvalue weighted by Gasteiger charge is -2.35. The van der Waals surface area contributed by atoms with Gasteiger partial charge in [0.2, 0.25) is 0 Å². The van der Waals surface area contributed by atoms with Gasteiger partial charge in [-0.05, 0) is 37.5 Å². The summed E-state index contributed by atoms with van der Waals surface area (Å²) in [5.41, 5.74) is 7.24. The topological polar surface area (TPSA) is 24.1 Å². The second kappa shape index (κ2) is 6.02. The first kappa shape index (κ1) is 12.4. The Morgan fingerprint density at radius 3 is 1.38 bits per heavy atom. The molecule has 4 unspecified atom stereocenters. The third-order valence-electron chi connectivity index (χ3n) is 4.68. The van der Waals surface area contributed by atoms with Crippen molar-refractivity contribution >= 4 is 0 Å². The molecular formula is C14H28N2. The molecule has 0 saturated heterocycles. The van der Waals surface area contributed by atoms with Gasteiger partial charge in [0.1, 0.15) is 0 Å². The van der Waals surface area contributed by atoms with Gasteiger partial charge < -0.3 is 0 Å². The smallest absolute Gasteiger partial charge is 0.0238 e. The fourth-order valence-electron chi connectivity index (χ4n) is 3.28. The summed E-state index contributed by atoms with van der Waals surface area (Å²) in [6.45, 7) is 4.78. The summed E-state index contributed by atoms with van der Waals surface area (Å²) < 4.78 is 0. The number of hydrogen-bond donors (Lipinski definition) is 2. The molecule has 0 aromatic heterocycles. The van der Waals surface area contributed by atoms with Crippen LogP contribution in [-0.2, 0) is 0 Å². The van der Waals surface area contributed by atoms with Gasteiger partial charge in [0.05, 0.1) is 0 Å². The van der Waals surface area contributed by atoms with Crippen LogP contribution < -0.4 is 10.9 Å². The minimum absolute atomic E-state index is 0.711. The molecule has 0 heterocycles. The molecule has 0 aromatic rings. The monoisotopic (exact) mass is 224 g/mol. The molecule has 0 amide bonds. The predicted molar refractivity (Wildman–Crippen MR) is 69.1 cm³/mol. The Kier molecular flexibility index (Phi) is 4.66. The first-order valence-electron chi connectivity index (χ1n) is 7.28. The zero-order chi connectivity index (χ0) is 11.4. The van der Waals surface area contributed by atoms with Crippen molar-refractivity contribution in [3.63, 3.8) is 0 Å². The molecule has 0 aromatic carbocycles.